The zero-order valence-corrected chi connectivity index (χ0v) is 12.5. The molecule has 1 rings (SSSR count). The van der Waals surface area contributed by atoms with Gasteiger partial charge in [-0.15, -0.1) is 0 Å². The van der Waals surface area contributed by atoms with E-state index in [2.05, 4.69) is 33.9 Å². The summed E-state index contributed by atoms with van der Waals surface area (Å²) in [5.41, 5.74) is 14.0. The Kier molecular flexibility index (Phi) is 3.89. The topological polar surface area (TPSA) is 61.3 Å². The first-order chi connectivity index (χ1) is 7.62. The second-order valence-electron chi connectivity index (χ2n) is 6.06. The van der Waals surface area contributed by atoms with Crippen molar-refractivity contribution in [2.45, 2.75) is 45.5 Å². The first kappa shape index (κ1) is 14.1. The number of hydrogen-bond acceptors (Lipinski definition) is 3. The largest absolute Gasteiger partial charge is 0.413 e. The Morgan fingerprint density at radius 2 is 1.53 bits per heavy atom. The summed E-state index contributed by atoms with van der Waals surface area (Å²) in [6.07, 6.45) is 0. The van der Waals surface area contributed by atoms with E-state index < -0.39 is 8.32 Å². The van der Waals surface area contributed by atoms with Gasteiger partial charge in [0, 0.05) is 11.4 Å². The minimum Gasteiger partial charge on any atom is -0.413 e. The van der Waals surface area contributed by atoms with Crippen molar-refractivity contribution in [1.82, 2.24) is 0 Å². The predicted molar refractivity (Wildman–Crippen MR) is 77.3 cm³/mol. The van der Waals surface area contributed by atoms with Gasteiger partial charge in [0.2, 0.25) is 0 Å². The van der Waals surface area contributed by atoms with Crippen LogP contribution in [0.4, 0.5) is 11.4 Å². The molecule has 0 amide bonds. The summed E-state index contributed by atoms with van der Waals surface area (Å²) in [5.74, 6) is 0. The summed E-state index contributed by atoms with van der Waals surface area (Å²) >= 11 is 0. The summed E-state index contributed by atoms with van der Waals surface area (Å²) < 4.78 is 6.12. The van der Waals surface area contributed by atoms with Gasteiger partial charge in [-0.1, -0.05) is 20.8 Å². The van der Waals surface area contributed by atoms with Crippen molar-refractivity contribution in [2.24, 2.45) is 0 Å². The van der Waals surface area contributed by atoms with E-state index >= 15 is 0 Å². The van der Waals surface area contributed by atoms with Gasteiger partial charge in [-0.25, -0.2) is 0 Å². The van der Waals surface area contributed by atoms with Gasteiger partial charge in [-0.3, -0.25) is 0 Å². The molecule has 0 heterocycles. The summed E-state index contributed by atoms with van der Waals surface area (Å²) in [6.45, 7) is 11.8. The summed E-state index contributed by atoms with van der Waals surface area (Å²) in [6, 6.07) is 5.60. The molecule has 0 aliphatic heterocycles. The number of benzene rings is 1. The molecule has 0 fully saturated rings. The van der Waals surface area contributed by atoms with Gasteiger partial charge in [0.1, 0.15) is 0 Å². The fraction of sp³-hybridized carbons (Fsp3) is 0.538. The van der Waals surface area contributed by atoms with Crippen LogP contribution in [0.1, 0.15) is 26.3 Å². The highest BCUT2D eigenvalue weighted by atomic mass is 28.4. The third kappa shape index (κ3) is 3.75. The monoisotopic (exact) mass is 252 g/mol. The SMILES string of the molecule is CC(C)(C)[Si](C)(C)OCc1cc(N)cc(N)c1. The van der Waals surface area contributed by atoms with E-state index in [-0.39, 0.29) is 5.04 Å². The molecule has 1 aromatic rings. The lowest BCUT2D eigenvalue weighted by Gasteiger charge is -2.36. The lowest BCUT2D eigenvalue weighted by Crippen LogP contribution is -2.40. The Bertz CT molecular complexity index is 377. The van der Waals surface area contributed by atoms with E-state index in [1.807, 2.05) is 12.1 Å². The van der Waals surface area contributed by atoms with Crippen molar-refractivity contribution in [3.8, 4) is 0 Å². The van der Waals surface area contributed by atoms with Gasteiger partial charge >= 0.3 is 0 Å². The molecule has 3 nitrogen and oxygen atoms in total. The van der Waals surface area contributed by atoms with Crippen LogP contribution >= 0.6 is 0 Å². The molecule has 0 radical (unpaired) electrons. The van der Waals surface area contributed by atoms with Crippen LogP contribution in [0, 0.1) is 0 Å². The Labute approximate surface area is 105 Å². The molecule has 0 saturated carbocycles. The maximum Gasteiger partial charge on any atom is 0.192 e. The number of rotatable bonds is 3. The van der Waals surface area contributed by atoms with Crippen LogP contribution in [-0.2, 0) is 11.0 Å². The quantitative estimate of drug-likeness (QED) is 0.640. The van der Waals surface area contributed by atoms with Gasteiger partial charge in [-0.05, 0) is 41.9 Å². The normalized spacial score (nSPS) is 12.8. The Morgan fingerprint density at radius 3 is 1.94 bits per heavy atom. The number of nitrogen functional groups attached to an aromatic ring is 2. The standard InChI is InChI=1S/C13H24N2OSi/c1-13(2,3)17(4,5)16-9-10-6-11(14)8-12(15)7-10/h6-8H,9,14-15H2,1-5H3. The molecule has 4 heteroatoms. The van der Waals surface area contributed by atoms with Crippen molar-refractivity contribution >= 4 is 19.7 Å². The van der Waals surface area contributed by atoms with E-state index in [0.717, 1.165) is 5.56 Å². The summed E-state index contributed by atoms with van der Waals surface area (Å²) in [7, 11) is -1.70. The predicted octanol–water partition coefficient (Wildman–Crippen LogP) is 3.37. The van der Waals surface area contributed by atoms with Gasteiger partial charge in [0.05, 0.1) is 6.61 Å². The Hall–Kier alpha value is -1.00. The minimum atomic E-state index is -1.70. The van der Waals surface area contributed by atoms with E-state index in [0.29, 0.717) is 18.0 Å². The molecule has 0 unspecified atom stereocenters. The second-order valence-corrected chi connectivity index (χ2v) is 10.9. The third-order valence-corrected chi connectivity index (χ3v) is 7.92. The lowest BCUT2D eigenvalue weighted by molar-refractivity contribution is 0.276. The van der Waals surface area contributed by atoms with Crippen molar-refractivity contribution in [3.05, 3.63) is 23.8 Å². The molecule has 4 N–H and O–H groups in total. The van der Waals surface area contributed by atoms with E-state index in [1.165, 1.54) is 0 Å². The van der Waals surface area contributed by atoms with Gasteiger partial charge in [-0.2, -0.15) is 0 Å². The zero-order chi connectivity index (χ0) is 13.3. The number of nitrogens with two attached hydrogens (primary N) is 2. The number of anilines is 2. The van der Waals surface area contributed by atoms with Gasteiger partial charge < -0.3 is 15.9 Å². The first-order valence-electron chi connectivity index (χ1n) is 5.91. The fourth-order valence-corrected chi connectivity index (χ4v) is 2.27. The highest BCUT2D eigenvalue weighted by molar-refractivity contribution is 6.74. The third-order valence-electron chi connectivity index (χ3n) is 3.44. The smallest absolute Gasteiger partial charge is 0.192 e. The van der Waals surface area contributed by atoms with Crippen LogP contribution in [-0.4, -0.2) is 8.32 Å². The molecular weight excluding hydrogens is 228 g/mol. The molecule has 17 heavy (non-hydrogen) atoms. The van der Waals surface area contributed by atoms with Gasteiger partial charge in [0.25, 0.3) is 0 Å². The molecule has 0 saturated heterocycles. The fourth-order valence-electron chi connectivity index (χ4n) is 1.31. The van der Waals surface area contributed by atoms with Gasteiger partial charge in [0.15, 0.2) is 8.32 Å². The van der Waals surface area contributed by atoms with Crippen LogP contribution in [0.5, 0.6) is 0 Å². The maximum absolute atomic E-state index is 6.12. The highest BCUT2D eigenvalue weighted by Crippen LogP contribution is 2.37. The number of hydrogen-bond donors (Lipinski definition) is 2. The van der Waals surface area contributed by atoms with E-state index in [4.69, 9.17) is 15.9 Å². The van der Waals surface area contributed by atoms with Crippen molar-refractivity contribution in [1.29, 1.82) is 0 Å². The van der Waals surface area contributed by atoms with Crippen molar-refractivity contribution < 1.29 is 4.43 Å². The average Bonchev–Trinajstić information content (AvgIpc) is 2.11. The summed E-state index contributed by atoms with van der Waals surface area (Å²) in [5, 5.41) is 0.221. The van der Waals surface area contributed by atoms with Crippen molar-refractivity contribution in [2.75, 3.05) is 11.5 Å². The Balaban J connectivity index is 2.74. The zero-order valence-electron chi connectivity index (χ0n) is 11.5. The van der Waals surface area contributed by atoms with E-state index in [9.17, 15) is 0 Å². The minimum absolute atomic E-state index is 0.221. The molecule has 0 bridgehead atoms. The molecule has 0 spiro atoms. The molecule has 0 aliphatic carbocycles. The molecule has 0 aliphatic rings. The van der Waals surface area contributed by atoms with Crippen LogP contribution in [0.15, 0.2) is 18.2 Å². The molecular formula is C13H24N2OSi. The maximum atomic E-state index is 6.12. The summed E-state index contributed by atoms with van der Waals surface area (Å²) in [4.78, 5) is 0. The lowest BCUT2D eigenvalue weighted by atomic mass is 10.2. The van der Waals surface area contributed by atoms with Crippen molar-refractivity contribution in [3.63, 3.8) is 0 Å². The van der Waals surface area contributed by atoms with Crippen LogP contribution in [0.3, 0.4) is 0 Å². The van der Waals surface area contributed by atoms with Crippen LogP contribution in [0.2, 0.25) is 18.1 Å². The van der Waals surface area contributed by atoms with Crippen LogP contribution < -0.4 is 11.5 Å². The Morgan fingerprint density at radius 1 is 1.06 bits per heavy atom. The van der Waals surface area contributed by atoms with Crippen LogP contribution in [0.25, 0.3) is 0 Å². The second kappa shape index (κ2) is 4.70. The molecule has 0 aromatic heterocycles. The molecule has 1 aromatic carbocycles. The average molecular weight is 252 g/mol. The highest BCUT2D eigenvalue weighted by Gasteiger charge is 2.36. The molecule has 0 atom stereocenters. The first-order valence-corrected chi connectivity index (χ1v) is 8.81. The molecule has 96 valence electrons. The van der Waals surface area contributed by atoms with E-state index in [1.54, 1.807) is 6.07 Å².